The summed E-state index contributed by atoms with van der Waals surface area (Å²) in [6.45, 7) is 2.72. The molecule has 160 valence electrons. The molecule has 0 bridgehead atoms. The summed E-state index contributed by atoms with van der Waals surface area (Å²) in [7, 11) is 0. The Bertz CT molecular complexity index is 1150. The first-order valence-corrected chi connectivity index (χ1v) is 10.9. The third-order valence-electron chi connectivity index (χ3n) is 6.07. The highest BCUT2D eigenvalue weighted by Crippen LogP contribution is 2.37. The molecule has 32 heavy (non-hydrogen) atoms. The molecule has 0 unspecified atom stereocenters. The topological polar surface area (TPSA) is 49.4 Å². The summed E-state index contributed by atoms with van der Waals surface area (Å²) in [4.78, 5) is 27.2. The van der Waals surface area contributed by atoms with Gasteiger partial charge in [0.1, 0.15) is 0 Å². The first-order valence-electron chi connectivity index (χ1n) is 10.9. The summed E-state index contributed by atoms with van der Waals surface area (Å²) in [5.41, 5.74) is 2.83. The first kappa shape index (κ1) is 21.4. The van der Waals surface area contributed by atoms with Crippen LogP contribution in [0.25, 0.3) is 0 Å². The van der Waals surface area contributed by atoms with Crippen LogP contribution in [0, 0.1) is 11.8 Å². The van der Waals surface area contributed by atoms with Crippen LogP contribution in [0.15, 0.2) is 84.9 Å². The van der Waals surface area contributed by atoms with Gasteiger partial charge in [-0.2, -0.15) is 0 Å². The van der Waals surface area contributed by atoms with E-state index >= 15 is 0 Å². The lowest BCUT2D eigenvalue weighted by molar-refractivity contribution is -0.133. The Kier molecular flexibility index (Phi) is 6.37. The monoisotopic (exact) mass is 422 g/mol. The standard InChI is InChI=1S/C28H26N2O2/c1-22(31)30-19-17-28(18-20-30,25-12-6-3-7-13-25)27(32)29-26-14-8-11-24(21-26)16-15-23-9-4-2-5-10-23/h2-14,21H,17-20H2,1H3,(H,29,32). The maximum Gasteiger partial charge on any atom is 0.235 e. The predicted molar refractivity (Wildman–Crippen MR) is 127 cm³/mol. The van der Waals surface area contributed by atoms with Crippen molar-refractivity contribution in [3.05, 3.63) is 102 Å². The zero-order valence-electron chi connectivity index (χ0n) is 18.2. The van der Waals surface area contributed by atoms with Gasteiger partial charge < -0.3 is 10.2 Å². The van der Waals surface area contributed by atoms with Crippen LogP contribution >= 0.6 is 0 Å². The van der Waals surface area contributed by atoms with E-state index in [1.54, 1.807) is 6.92 Å². The van der Waals surface area contributed by atoms with Crippen molar-refractivity contribution in [3.8, 4) is 11.8 Å². The summed E-state index contributed by atoms with van der Waals surface area (Å²) in [5, 5.41) is 3.12. The maximum absolute atomic E-state index is 13.6. The average Bonchev–Trinajstić information content (AvgIpc) is 2.84. The van der Waals surface area contributed by atoms with Crippen molar-refractivity contribution < 1.29 is 9.59 Å². The third kappa shape index (κ3) is 4.73. The molecule has 4 nitrogen and oxygen atoms in total. The zero-order valence-corrected chi connectivity index (χ0v) is 18.2. The van der Waals surface area contributed by atoms with Crippen molar-refractivity contribution in [2.24, 2.45) is 0 Å². The van der Waals surface area contributed by atoms with Gasteiger partial charge in [0.05, 0.1) is 5.41 Å². The third-order valence-corrected chi connectivity index (χ3v) is 6.07. The summed E-state index contributed by atoms with van der Waals surface area (Å²) in [6.07, 6.45) is 1.19. The van der Waals surface area contributed by atoms with Gasteiger partial charge in [0, 0.05) is 36.8 Å². The second kappa shape index (κ2) is 9.53. The van der Waals surface area contributed by atoms with E-state index in [1.165, 1.54) is 0 Å². The molecular weight excluding hydrogens is 396 g/mol. The molecule has 1 aliphatic heterocycles. The number of nitrogens with one attached hydrogen (secondary N) is 1. The minimum absolute atomic E-state index is 0.0416. The molecular formula is C28H26N2O2. The van der Waals surface area contributed by atoms with E-state index in [-0.39, 0.29) is 11.8 Å². The lowest BCUT2D eigenvalue weighted by atomic mass is 9.72. The Morgan fingerprint density at radius 2 is 1.41 bits per heavy atom. The minimum Gasteiger partial charge on any atom is -0.343 e. The molecule has 2 amide bonds. The van der Waals surface area contributed by atoms with Crippen molar-refractivity contribution >= 4 is 17.5 Å². The van der Waals surface area contributed by atoms with Crippen LogP contribution in [-0.4, -0.2) is 29.8 Å². The number of nitrogens with zero attached hydrogens (tertiary/aromatic N) is 1. The fourth-order valence-corrected chi connectivity index (χ4v) is 4.20. The quantitative estimate of drug-likeness (QED) is 0.627. The van der Waals surface area contributed by atoms with Gasteiger partial charge in [0.2, 0.25) is 11.8 Å². The SMILES string of the molecule is CC(=O)N1CCC(C(=O)Nc2cccc(C#Cc3ccccc3)c2)(c2ccccc2)CC1. The molecule has 1 fully saturated rings. The highest BCUT2D eigenvalue weighted by Gasteiger charge is 2.43. The molecule has 0 saturated carbocycles. The Morgan fingerprint density at radius 3 is 2.06 bits per heavy atom. The van der Waals surface area contributed by atoms with Gasteiger partial charge >= 0.3 is 0 Å². The van der Waals surface area contributed by atoms with E-state index in [0.29, 0.717) is 25.9 Å². The highest BCUT2D eigenvalue weighted by atomic mass is 16.2. The number of benzene rings is 3. The lowest BCUT2D eigenvalue weighted by Gasteiger charge is -2.40. The molecule has 0 aromatic heterocycles. The van der Waals surface area contributed by atoms with Gasteiger partial charge in [-0.1, -0.05) is 66.4 Å². The molecule has 3 aromatic carbocycles. The van der Waals surface area contributed by atoms with Crippen LogP contribution in [0.1, 0.15) is 36.5 Å². The Labute approximate surface area is 189 Å². The fraction of sp³-hybridized carbons (Fsp3) is 0.214. The molecule has 1 saturated heterocycles. The van der Waals surface area contributed by atoms with Crippen molar-refractivity contribution in [2.75, 3.05) is 18.4 Å². The number of hydrogen-bond donors (Lipinski definition) is 1. The summed E-state index contributed by atoms with van der Waals surface area (Å²) in [5.74, 6) is 6.33. The van der Waals surface area contributed by atoms with Crippen LogP contribution in [0.3, 0.4) is 0 Å². The van der Waals surface area contributed by atoms with Crippen molar-refractivity contribution in [2.45, 2.75) is 25.2 Å². The Morgan fingerprint density at radius 1 is 0.812 bits per heavy atom. The number of carbonyl (C=O) groups excluding carboxylic acids is 2. The molecule has 0 atom stereocenters. The van der Waals surface area contributed by atoms with Gasteiger partial charge in [0.25, 0.3) is 0 Å². The van der Waals surface area contributed by atoms with Crippen LogP contribution in [0.5, 0.6) is 0 Å². The summed E-state index contributed by atoms with van der Waals surface area (Å²) < 4.78 is 0. The number of hydrogen-bond acceptors (Lipinski definition) is 2. The number of likely N-dealkylation sites (tertiary alicyclic amines) is 1. The van der Waals surface area contributed by atoms with Gasteiger partial charge in [0.15, 0.2) is 0 Å². The molecule has 0 spiro atoms. The van der Waals surface area contributed by atoms with Crippen molar-refractivity contribution in [1.82, 2.24) is 4.90 Å². The minimum atomic E-state index is -0.668. The number of carbonyl (C=O) groups is 2. The largest absolute Gasteiger partial charge is 0.343 e. The van der Waals surface area contributed by atoms with Crippen molar-refractivity contribution in [3.63, 3.8) is 0 Å². The molecule has 3 aromatic rings. The van der Waals surface area contributed by atoms with E-state index in [1.807, 2.05) is 89.8 Å². The van der Waals surface area contributed by atoms with Gasteiger partial charge in [-0.3, -0.25) is 9.59 Å². The second-order valence-corrected chi connectivity index (χ2v) is 8.11. The lowest BCUT2D eigenvalue weighted by Crippen LogP contribution is -2.50. The predicted octanol–water partition coefficient (Wildman–Crippen LogP) is 4.61. The molecule has 0 radical (unpaired) electrons. The smallest absolute Gasteiger partial charge is 0.235 e. The van der Waals surface area contributed by atoms with Crippen LogP contribution in [-0.2, 0) is 15.0 Å². The van der Waals surface area contributed by atoms with Gasteiger partial charge in [-0.25, -0.2) is 0 Å². The molecule has 4 heteroatoms. The van der Waals surface area contributed by atoms with Crippen molar-refractivity contribution in [1.29, 1.82) is 0 Å². The van der Waals surface area contributed by atoms with Gasteiger partial charge in [-0.15, -0.1) is 0 Å². The molecule has 1 N–H and O–H groups in total. The van der Waals surface area contributed by atoms with E-state index < -0.39 is 5.41 Å². The fourth-order valence-electron chi connectivity index (χ4n) is 4.20. The average molecular weight is 423 g/mol. The molecule has 0 aliphatic carbocycles. The maximum atomic E-state index is 13.6. The van der Waals surface area contributed by atoms with Crippen LogP contribution in [0.2, 0.25) is 0 Å². The summed E-state index contributed by atoms with van der Waals surface area (Å²) >= 11 is 0. The molecule has 4 rings (SSSR count). The number of anilines is 1. The zero-order chi connectivity index (χ0) is 22.4. The normalized spacial score (nSPS) is 14.7. The molecule has 1 aliphatic rings. The first-order chi connectivity index (χ1) is 15.6. The Hall–Kier alpha value is -3.84. The van der Waals surface area contributed by atoms with E-state index in [4.69, 9.17) is 0 Å². The highest BCUT2D eigenvalue weighted by molar-refractivity contribution is 5.99. The number of piperidine rings is 1. The van der Waals surface area contributed by atoms with E-state index in [2.05, 4.69) is 17.2 Å². The van der Waals surface area contributed by atoms with E-state index in [9.17, 15) is 9.59 Å². The van der Waals surface area contributed by atoms with E-state index in [0.717, 1.165) is 22.4 Å². The summed E-state index contributed by atoms with van der Waals surface area (Å²) in [6, 6.07) is 27.3. The Balaban J connectivity index is 1.57. The number of amides is 2. The number of rotatable bonds is 3. The van der Waals surface area contributed by atoms with Gasteiger partial charge in [-0.05, 0) is 48.7 Å². The van der Waals surface area contributed by atoms with Crippen LogP contribution < -0.4 is 5.32 Å². The van der Waals surface area contributed by atoms with Crippen LogP contribution in [0.4, 0.5) is 5.69 Å². The molecule has 1 heterocycles. The second-order valence-electron chi connectivity index (χ2n) is 8.11.